The number of unbranched alkanes of at least 4 members (excludes halogenated alkanes) is 2. The van der Waals surface area contributed by atoms with Crippen LogP contribution < -0.4 is 5.32 Å². The van der Waals surface area contributed by atoms with Gasteiger partial charge in [-0.3, -0.25) is 4.79 Å². The molecule has 0 spiro atoms. The Morgan fingerprint density at radius 3 is 2.65 bits per heavy atom. The summed E-state index contributed by atoms with van der Waals surface area (Å²) in [5, 5.41) is 11.8. The predicted octanol–water partition coefficient (Wildman–Crippen LogP) is 1.68. The summed E-state index contributed by atoms with van der Waals surface area (Å²) < 4.78 is 0. The zero-order valence-electron chi connectivity index (χ0n) is 10.6. The Kier molecular flexibility index (Phi) is 5.25. The van der Waals surface area contributed by atoms with Crippen LogP contribution >= 0.6 is 0 Å². The van der Waals surface area contributed by atoms with Crippen LogP contribution in [-0.2, 0) is 4.79 Å². The molecule has 0 aromatic rings. The topological polar surface area (TPSA) is 69.6 Å². The van der Waals surface area contributed by atoms with Crippen molar-refractivity contribution >= 4 is 12.0 Å². The van der Waals surface area contributed by atoms with E-state index in [1.165, 1.54) is 0 Å². The van der Waals surface area contributed by atoms with Gasteiger partial charge in [-0.2, -0.15) is 0 Å². The van der Waals surface area contributed by atoms with Crippen LogP contribution in [0.15, 0.2) is 0 Å². The lowest BCUT2D eigenvalue weighted by Gasteiger charge is -2.23. The highest BCUT2D eigenvalue weighted by Crippen LogP contribution is 2.24. The summed E-state index contributed by atoms with van der Waals surface area (Å²) in [7, 11) is 0. The number of carbonyl (C=O) groups is 2. The highest BCUT2D eigenvalue weighted by atomic mass is 16.4. The Hall–Kier alpha value is -1.26. The molecule has 0 aromatic heterocycles. The number of hydrogen-bond acceptors (Lipinski definition) is 2. The molecule has 2 unspecified atom stereocenters. The number of carboxylic acids is 1. The molecular weight excluding hydrogens is 220 g/mol. The van der Waals surface area contributed by atoms with Crippen LogP contribution in [0.25, 0.3) is 0 Å². The van der Waals surface area contributed by atoms with Crippen molar-refractivity contribution in [2.75, 3.05) is 13.1 Å². The van der Waals surface area contributed by atoms with Gasteiger partial charge in [0.15, 0.2) is 0 Å². The number of amides is 2. The third-order valence-corrected chi connectivity index (χ3v) is 3.39. The summed E-state index contributed by atoms with van der Waals surface area (Å²) in [6.45, 7) is 5.13. The van der Waals surface area contributed by atoms with Crippen molar-refractivity contribution in [3.05, 3.63) is 0 Å². The van der Waals surface area contributed by atoms with E-state index in [4.69, 9.17) is 5.11 Å². The number of likely N-dealkylation sites (tertiary alicyclic amines) is 1. The van der Waals surface area contributed by atoms with Crippen molar-refractivity contribution in [2.24, 2.45) is 5.92 Å². The largest absolute Gasteiger partial charge is 0.481 e. The van der Waals surface area contributed by atoms with Gasteiger partial charge in [0, 0.05) is 19.1 Å². The van der Waals surface area contributed by atoms with Crippen LogP contribution in [-0.4, -0.2) is 41.1 Å². The summed E-state index contributed by atoms with van der Waals surface area (Å²) in [6, 6.07) is -0.337. The van der Waals surface area contributed by atoms with Gasteiger partial charge >= 0.3 is 12.0 Å². The van der Waals surface area contributed by atoms with E-state index in [9.17, 15) is 9.59 Å². The maximum absolute atomic E-state index is 11.8. The summed E-state index contributed by atoms with van der Waals surface area (Å²) in [5.74, 6) is -1.23. The number of carbonyl (C=O) groups excluding carboxylic acids is 1. The van der Waals surface area contributed by atoms with Crippen LogP contribution in [0, 0.1) is 5.92 Å². The van der Waals surface area contributed by atoms with E-state index < -0.39 is 11.9 Å². The predicted molar refractivity (Wildman–Crippen MR) is 64.8 cm³/mol. The molecule has 0 saturated carbocycles. The van der Waals surface area contributed by atoms with Crippen molar-refractivity contribution in [1.82, 2.24) is 10.2 Å². The van der Waals surface area contributed by atoms with Gasteiger partial charge < -0.3 is 15.3 Å². The van der Waals surface area contributed by atoms with E-state index in [1.807, 2.05) is 0 Å². The minimum absolute atomic E-state index is 0.127. The maximum Gasteiger partial charge on any atom is 0.317 e. The third-order valence-electron chi connectivity index (χ3n) is 3.39. The lowest BCUT2D eigenvalue weighted by Crippen LogP contribution is -2.44. The number of hydrogen-bond donors (Lipinski definition) is 2. The van der Waals surface area contributed by atoms with E-state index in [-0.39, 0.29) is 12.1 Å². The molecule has 5 heteroatoms. The lowest BCUT2D eigenvalue weighted by molar-refractivity contribution is -0.142. The molecular formula is C12H22N2O3. The van der Waals surface area contributed by atoms with Crippen molar-refractivity contribution in [2.45, 2.75) is 45.6 Å². The van der Waals surface area contributed by atoms with Gasteiger partial charge in [-0.15, -0.1) is 0 Å². The van der Waals surface area contributed by atoms with E-state index in [2.05, 4.69) is 12.2 Å². The van der Waals surface area contributed by atoms with Gasteiger partial charge in [-0.1, -0.05) is 19.8 Å². The summed E-state index contributed by atoms with van der Waals surface area (Å²) >= 11 is 0. The second kappa shape index (κ2) is 6.47. The zero-order valence-corrected chi connectivity index (χ0v) is 10.6. The minimum atomic E-state index is -0.807. The van der Waals surface area contributed by atoms with Crippen LogP contribution in [0.4, 0.5) is 4.79 Å². The molecule has 0 bridgehead atoms. The molecule has 1 fully saturated rings. The number of aliphatic carboxylic acids is 1. The minimum Gasteiger partial charge on any atom is -0.481 e. The Balaban J connectivity index is 2.35. The molecule has 1 saturated heterocycles. The molecule has 2 atom stereocenters. The average Bonchev–Trinajstić information content (AvgIpc) is 2.66. The van der Waals surface area contributed by atoms with Crippen LogP contribution in [0.1, 0.15) is 39.5 Å². The first-order valence-corrected chi connectivity index (χ1v) is 6.35. The Morgan fingerprint density at radius 1 is 1.41 bits per heavy atom. The molecule has 1 aliphatic heterocycles. The molecule has 1 rings (SSSR count). The fourth-order valence-corrected chi connectivity index (χ4v) is 2.23. The molecule has 5 nitrogen and oxygen atoms in total. The number of urea groups is 1. The molecule has 98 valence electrons. The fraction of sp³-hybridized carbons (Fsp3) is 0.833. The van der Waals surface area contributed by atoms with Crippen molar-refractivity contribution in [3.63, 3.8) is 0 Å². The van der Waals surface area contributed by atoms with Crippen LogP contribution in [0.2, 0.25) is 0 Å². The standard InChI is InChI=1S/C12H22N2O3/c1-3-4-5-7-13-12(17)14-8-6-10(9(14)2)11(15)16/h9-10H,3-8H2,1-2H3,(H,13,17)(H,15,16). The zero-order chi connectivity index (χ0) is 12.8. The summed E-state index contributed by atoms with van der Waals surface area (Å²) in [4.78, 5) is 24.4. The molecule has 0 radical (unpaired) electrons. The molecule has 0 aliphatic carbocycles. The molecule has 2 amide bonds. The summed E-state index contributed by atoms with van der Waals surface area (Å²) in [5.41, 5.74) is 0. The number of carboxylic acid groups (broad SMARTS) is 1. The second-order valence-electron chi connectivity index (χ2n) is 4.61. The smallest absolute Gasteiger partial charge is 0.317 e. The third kappa shape index (κ3) is 3.61. The van der Waals surface area contributed by atoms with Gasteiger partial charge in [-0.25, -0.2) is 4.79 Å². The fourth-order valence-electron chi connectivity index (χ4n) is 2.23. The lowest BCUT2D eigenvalue weighted by atomic mass is 10.0. The second-order valence-corrected chi connectivity index (χ2v) is 4.61. The van der Waals surface area contributed by atoms with E-state index in [0.717, 1.165) is 19.3 Å². The quantitative estimate of drug-likeness (QED) is 0.721. The SMILES string of the molecule is CCCCCNC(=O)N1CCC(C(=O)O)C1C. The van der Waals surface area contributed by atoms with Gasteiger partial charge in [-0.05, 0) is 19.8 Å². The number of rotatable bonds is 5. The van der Waals surface area contributed by atoms with Crippen LogP contribution in [0.3, 0.4) is 0 Å². The van der Waals surface area contributed by atoms with E-state index in [0.29, 0.717) is 19.5 Å². The first-order chi connectivity index (χ1) is 8.07. The average molecular weight is 242 g/mol. The first kappa shape index (κ1) is 13.8. The molecule has 0 aromatic carbocycles. The maximum atomic E-state index is 11.8. The highest BCUT2D eigenvalue weighted by molar-refractivity contribution is 5.78. The van der Waals surface area contributed by atoms with Gasteiger partial charge in [0.1, 0.15) is 0 Å². The highest BCUT2D eigenvalue weighted by Gasteiger charge is 2.37. The molecule has 1 heterocycles. The van der Waals surface area contributed by atoms with Crippen LogP contribution in [0.5, 0.6) is 0 Å². The molecule has 2 N–H and O–H groups in total. The van der Waals surface area contributed by atoms with Gasteiger partial charge in [0.25, 0.3) is 0 Å². The number of nitrogens with zero attached hydrogens (tertiary/aromatic N) is 1. The normalized spacial score (nSPS) is 23.8. The monoisotopic (exact) mass is 242 g/mol. The van der Waals surface area contributed by atoms with E-state index in [1.54, 1.807) is 11.8 Å². The van der Waals surface area contributed by atoms with Gasteiger partial charge in [0.2, 0.25) is 0 Å². The van der Waals surface area contributed by atoms with E-state index >= 15 is 0 Å². The summed E-state index contributed by atoms with van der Waals surface area (Å²) in [6.07, 6.45) is 3.76. The Bertz CT molecular complexity index is 281. The van der Waals surface area contributed by atoms with Crippen molar-refractivity contribution in [3.8, 4) is 0 Å². The van der Waals surface area contributed by atoms with Gasteiger partial charge in [0.05, 0.1) is 5.92 Å². The van der Waals surface area contributed by atoms with Crippen molar-refractivity contribution < 1.29 is 14.7 Å². The Morgan fingerprint density at radius 2 is 2.12 bits per heavy atom. The Labute approximate surface area is 102 Å². The molecule has 1 aliphatic rings. The van der Waals surface area contributed by atoms with Crippen molar-refractivity contribution in [1.29, 1.82) is 0 Å². The molecule has 17 heavy (non-hydrogen) atoms. The first-order valence-electron chi connectivity index (χ1n) is 6.35. The number of nitrogens with one attached hydrogen (secondary N) is 1.